The van der Waals surface area contributed by atoms with E-state index in [9.17, 15) is 9.18 Å². The summed E-state index contributed by atoms with van der Waals surface area (Å²) in [5.74, 6) is 0.323. The van der Waals surface area contributed by atoms with Crippen molar-refractivity contribution in [1.29, 1.82) is 0 Å². The highest BCUT2D eigenvalue weighted by molar-refractivity contribution is 5.94. The Balaban J connectivity index is 1.45. The molecule has 4 rings (SSSR count). The molecular weight excluding hydrogens is 381 g/mol. The van der Waals surface area contributed by atoms with Crippen LogP contribution >= 0.6 is 0 Å². The van der Waals surface area contributed by atoms with Gasteiger partial charge in [-0.15, -0.1) is 0 Å². The maximum absolute atomic E-state index is 14.0. The number of benzene rings is 2. The summed E-state index contributed by atoms with van der Waals surface area (Å²) in [6.45, 7) is 4.73. The lowest BCUT2D eigenvalue weighted by molar-refractivity contribution is 0.0950. The van der Waals surface area contributed by atoms with Gasteiger partial charge in [-0.3, -0.25) is 14.7 Å². The Bertz CT molecular complexity index is 1040. The van der Waals surface area contributed by atoms with Gasteiger partial charge in [-0.2, -0.15) is 0 Å². The first-order valence-electron chi connectivity index (χ1n) is 9.99. The number of nitrogens with one attached hydrogen (secondary N) is 1. The van der Waals surface area contributed by atoms with Crippen LogP contribution in [0, 0.1) is 12.7 Å². The van der Waals surface area contributed by atoms with E-state index in [1.165, 1.54) is 11.8 Å². The van der Waals surface area contributed by atoms with Gasteiger partial charge in [0.2, 0.25) is 0 Å². The molecule has 0 aliphatic carbocycles. The number of hydrogen-bond acceptors (Lipinski definition) is 4. The number of rotatable bonds is 5. The van der Waals surface area contributed by atoms with Crippen LogP contribution in [0.4, 0.5) is 4.39 Å². The topological polar surface area (TPSA) is 54.5 Å². The number of pyridine rings is 1. The average molecular weight is 405 g/mol. The fourth-order valence-corrected chi connectivity index (χ4v) is 3.49. The molecule has 2 heterocycles. The number of aryl methyl sites for hydroxylation is 1. The van der Waals surface area contributed by atoms with E-state index < -0.39 is 0 Å². The zero-order valence-corrected chi connectivity index (χ0v) is 16.9. The summed E-state index contributed by atoms with van der Waals surface area (Å²) in [5, 5.41) is 2.97. The molecule has 154 valence electrons. The molecule has 6 heteroatoms. The number of carbonyl (C=O) groups is 1. The molecule has 0 bridgehead atoms. The van der Waals surface area contributed by atoms with Crippen LogP contribution in [0.2, 0.25) is 0 Å². The van der Waals surface area contributed by atoms with E-state index in [0.29, 0.717) is 43.9 Å². The summed E-state index contributed by atoms with van der Waals surface area (Å²) in [6, 6.07) is 15.3. The van der Waals surface area contributed by atoms with Crippen molar-refractivity contribution in [1.82, 2.24) is 15.2 Å². The van der Waals surface area contributed by atoms with Crippen LogP contribution in [0.15, 0.2) is 60.9 Å². The van der Waals surface area contributed by atoms with Gasteiger partial charge >= 0.3 is 0 Å². The van der Waals surface area contributed by atoms with E-state index in [4.69, 9.17) is 4.74 Å². The molecule has 1 aliphatic rings. The maximum atomic E-state index is 14.0. The standard InChI is InChI=1S/C24H24FN3O2/c1-17-2-4-18(5-3-17)13-27-24(29)19-6-7-23-21(12-19)16-28(10-11-30-23)15-20-8-9-26-14-22(20)25/h2-9,12,14H,10-11,13,15-16H2,1H3,(H,27,29). The first kappa shape index (κ1) is 20.0. The number of amides is 1. The Morgan fingerprint density at radius 3 is 2.83 bits per heavy atom. The molecule has 0 atom stereocenters. The predicted molar refractivity (Wildman–Crippen MR) is 113 cm³/mol. The fraction of sp³-hybridized carbons (Fsp3) is 0.250. The molecule has 1 amide bonds. The minimum atomic E-state index is -0.313. The molecule has 1 aliphatic heterocycles. The molecule has 0 spiro atoms. The van der Waals surface area contributed by atoms with Crippen LogP contribution < -0.4 is 10.1 Å². The molecule has 1 N–H and O–H groups in total. The first-order valence-corrected chi connectivity index (χ1v) is 9.99. The number of halogens is 1. The quantitative estimate of drug-likeness (QED) is 0.701. The van der Waals surface area contributed by atoms with Crippen molar-refractivity contribution >= 4 is 5.91 Å². The molecule has 30 heavy (non-hydrogen) atoms. The summed E-state index contributed by atoms with van der Waals surface area (Å²) in [4.78, 5) is 18.6. The van der Waals surface area contributed by atoms with E-state index in [-0.39, 0.29) is 11.7 Å². The number of carbonyl (C=O) groups excluding carboxylic acids is 1. The number of aromatic nitrogens is 1. The molecular formula is C24H24FN3O2. The van der Waals surface area contributed by atoms with Crippen molar-refractivity contribution < 1.29 is 13.9 Å². The van der Waals surface area contributed by atoms with Crippen LogP contribution in [0.25, 0.3) is 0 Å². The maximum Gasteiger partial charge on any atom is 0.251 e. The molecule has 0 saturated heterocycles. The van der Waals surface area contributed by atoms with Crippen molar-refractivity contribution in [2.45, 2.75) is 26.6 Å². The normalized spacial score (nSPS) is 13.8. The van der Waals surface area contributed by atoms with Crippen LogP contribution in [-0.2, 0) is 19.6 Å². The third-order valence-corrected chi connectivity index (χ3v) is 5.21. The van der Waals surface area contributed by atoms with Gasteiger partial charge in [-0.05, 0) is 36.8 Å². The molecule has 0 radical (unpaired) electrons. The predicted octanol–water partition coefficient (Wildman–Crippen LogP) is 3.85. The first-order chi connectivity index (χ1) is 14.6. The SMILES string of the molecule is Cc1ccc(CNC(=O)c2ccc3c(c2)CN(Cc2ccncc2F)CCO3)cc1. The second-order valence-electron chi connectivity index (χ2n) is 7.52. The van der Waals surface area contributed by atoms with Crippen LogP contribution in [-0.4, -0.2) is 28.9 Å². The Kier molecular flexibility index (Phi) is 6.05. The third-order valence-electron chi connectivity index (χ3n) is 5.21. The van der Waals surface area contributed by atoms with Crippen LogP contribution in [0.1, 0.15) is 32.6 Å². The highest BCUT2D eigenvalue weighted by Gasteiger charge is 2.18. The summed E-state index contributed by atoms with van der Waals surface area (Å²) in [5.41, 5.74) is 4.34. The Hall–Kier alpha value is -3.25. The monoisotopic (exact) mass is 405 g/mol. The van der Waals surface area contributed by atoms with Crippen molar-refractivity contribution in [2.24, 2.45) is 0 Å². The van der Waals surface area contributed by atoms with Gasteiger partial charge < -0.3 is 10.1 Å². The summed E-state index contributed by atoms with van der Waals surface area (Å²) < 4.78 is 19.8. The Morgan fingerprint density at radius 2 is 2.03 bits per heavy atom. The van der Waals surface area contributed by atoms with Crippen molar-refractivity contribution in [2.75, 3.05) is 13.2 Å². The summed E-state index contributed by atoms with van der Waals surface area (Å²) >= 11 is 0. The van der Waals surface area contributed by atoms with E-state index in [2.05, 4.69) is 15.2 Å². The zero-order chi connectivity index (χ0) is 20.9. The van der Waals surface area contributed by atoms with Gasteiger partial charge in [0.25, 0.3) is 5.91 Å². The lowest BCUT2D eigenvalue weighted by Gasteiger charge is -2.19. The molecule has 3 aromatic rings. The van der Waals surface area contributed by atoms with Gasteiger partial charge in [0.1, 0.15) is 18.2 Å². The largest absolute Gasteiger partial charge is 0.492 e. The number of nitrogens with zero attached hydrogens (tertiary/aromatic N) is 2. The van der Waals surface area contributed by atoms with Gasteiger partial charge in [-0.25, -0.2) is 4.39 Å². The molecule has 5 nitrogen and oxygen atoms in total. The average Bonchev–Trinajstić information content (AvgIpc) is 2.96. The van der Waals surface area contributed by atoms with Crippen LogP contribution in [0.3, 0.4) is 0 Å². The number of ether oxygens (including phenoxy) is 1. The van der Waals surface area contributed by atoms with E-state index in [1.807, 2.05) is 43.3 Å². The minimum absolute atomic E-state index is 0.130. The zero-order valence-electron chi connectivity index (χ0n) is 16.9. The number of hydrogen-bond donors (Lipinski definition) is 1. The second kappa shape index (κ2) is 9.05. The molecule has 0 saturated carbocycles. The van der Waals surface area contributed by atoms with Gasteiger partial charge in [0, 0.05) is 49.1 Å². The minimum Gasteiger partial charge on any atom is -0.492 e. The van der Waals surface area contributed by atoms with Gasteiger partial charge in [0.05, 0.1) is 6.20 Å². The van der Waals surface area contributed by atoms with E-state index >= 15 is 0 Å². The summed E-state index contributed by atoms with van der Waals surface area (Å²) in [7, 11) is 0. The highest BCUT2D eigenvalue weighted by atomic mass is 19.1. The molecule has 1 aromatic heterocycles. The van der Waals surface area contributed by atoms with Crippen molar-refractivity contribution in [3.63, 3.8) is 0 Å². The van der Waals surface area contributed by atoms with Gasteiger partial charge in [-0.1, -0.05) is 29.8 Å². The van der Waals surface area contributed by atoms with Gasteiger partial charge in [0.15, 0.2) is 0 Å². The Labute approximate surface area is 175 Å². The molecule has 2 aromatic carbocycles. The van der Waals surface area contributed by atoms with Crippen molar-refractivity contribution in [3.8, 4) is 5.75 Å². The fourth-order valence-electron chi connectivity index (χ4n) is 3.49. The molecule has 0 unspecified atom stereocenters. The van der Waals surface area contributed by atoms with E-state index in [1.54, 1.807) is 18.3 Å². The molecule has 0 fully saturated rings. The summed E-state index contributed by atoms with van der Waals surface area (Å²) in [6.07, 6.45) is 2.82. The third kappa shape index (κ3) is 4.83. The smallest absolute Gasteiger partial charge is 0.251 e. The van der Waals surface area contributed by atoms with E-state index in [0.717, 1.165) is 16.9 Å². The van der Waals surface area contributed by atoms with Crippen LogP contribution in [0.5, 0.6) is 5.75 Å². The second-order valence-corrected chi connectivity index (χ2v) is 7.52. The number of fused-ring (bicyclic) bond motifs is 1. The lowest BCUT2D eigenvalue weighted by atomic mass is 10.1. The highest BCUT2D eigenvalue weighted by Crippen LogP contribution is 2.25. The van der Waals surface area contributed by atoms with Crippen molar-refractivity contribution in [3.05, 3.63) is 94.6 Å². The Morgan fingerprint density at radius 1 is 1.20 bits per heavy atom. The lowest BCUT2D eigenvalue weighted by Crippen LogP contribution is -2.26.